The molecule has 0 aromatic carbocycles. The fourth-order valence-corrected chi connectivity index (χ4v) is 0. The Morgan fingerprint density at radius 1 is 0.400 bits per heavy atom. The third-order valence-electron chi connectivity index (χ3n) is 0. The van der Waals surface area contributed by atoms with Gasteiger partial charge >= 0.3 is 113 Å². The minimum atomic E-state index is 0. The van der Waals surface area contributed by atoms with E-state index in [1.54, 1.807) is 0 Å². The van der Waals surface area contributed by atoms with Crippen molar-refractivity contribution in [3.05, 3.63) is 0 Å². The van der Waals surface area contributed by atoms with E-state index in [4.69, 9.17) is 0 Å². The van der Waals surface area contributed by atoms with Gasteiger partial charge in [0, 0.05) is 0 Å². The van der Waals surface area contributed by atoms with Gasteiger partial charge in [0.25, 0.3) is 0 Å². The molecule has 0 aromatic heterocycles. The third kappa shape index (κ3) is 17.7. The van der Waals surface area contributed by atoms with E-state index in [0.29, 0.717) is 0 Å². The monoisotopic (exact) mass is 182 g/mol. The smallest absolute Gasteiger partial charge is 2.00 e. The van der Waals surface area contributed by atoms with Crippen molar-refractivity contribution in [2.75, 3.05) is 0 Å². The van der Waals surface area contributed by atoms with Crippen LogP contribution in [0.5, 0.6) is 0 Å². The molecule has 0 spiro atoms. The summed E-state index contributed by atoms with van der Waals surface area (Å²) in [5.74, 6) is 0. The maximum atomic E-state index is 0. The predicted octanol–water partition coefficient (Wildman–Crippen LogP) is 0.580. The molecule has 0 saturated heterocycles. The van der Waals surface area contributed by atoms with E-state index in [2.05, 4.69) is 0 Å². The molecule has 0 heterocycles. The Kier molecular flexibility index (Phi) is 157. The van der Waals surface area contributed by atoms with E-state index in [1.165, 1.54) is 0 Å². The maximum absolute atomic E-state index is 0. The molecule has 0 unspecified atom stereocenters. The van der Waals surface area contributed by atoms with E-state index in [-0.39, 0.29) is 133 Å². The van der Waals surface area contributed by atoms with E-state index >= 15 is 0 Å². The Morgan fingerprint density at radius 3 is 0.400 bits per heavy atom. The van der Waals surface area contributed by atoms with Crippen molar-refractivity contribution in [1.29, 1.82) is 0 Å². The SMILES string of the molecule is [Ca+2].[Ca+2].[Ca+2].[P-3].[P-3]. The van der Waals surface area contributed by atoms with Crippen LogP contribution >= 0.6 is 19.8 Å². The van der Waals surface area contributed by atoms with Crippen molar-refractivity contribution < 1.29 is 0 Å². The summed E-state index contributed by atoms with van der Waals surface area (Å²) in [5.41, 5.74) is 0. The number of hydrogen-bond donors (Lipinski definition) is 0. The summed E-state index contributed by atoms with van der Waals surface area (Å²) in [6, 6.07) is 0. The van der Waals surface area contributed by atoms with Crippen LogP contribution in [0.15, 0.2) is 0 Å². The van der Waals surface area contributed by atoms with Crippen LogP contribution in [0.4, 0.5) is 0 Å². The second-order valence-electron chi connectivity index (χ2n) is 0. The number of hydrogen-bond acceptors (Lipinski definition) is 0. The Bertz CT molecular complexity index is 4.85. The number of rotatable bonds is 0. The topological polar surface area (TPSA) is 0 Å². The molecule has 0 saturated carbocycles. The van der Waals surface area contributed by atoms with Crippen molar-refractivity contribution in [2.24, 2.45) is 0 Å². The van der Waals surface area contributed by atoms with Crippen LogP contribution in [0.1, 0.15) is 0 Å². The summed E-state index contributed by atoms with van der Waals surface area (Å²) < 4.78 is 0. The van der Waals surface area contributed by atoms with E-state index in [9.17, 15) is 0 Å². The van der Waals surface area contributed by atoms with E-state index in [1.807, 2.05) is 0 Å². The van der Waals surface area contributed by atoms with Gasteiger partial charge in [0.2, 0.25) is 0 Å². The molecule has 0 radical (unpaired) electrons. The van der Waals surface area contributed by atoms with Crippen LogP contribution in [-0.2, 0) is 0 Å². The molecule has 0 bridgehead atoms. The zero-order chi connectivity index (χ0) is 0. The van der Waals surface area contributed by atoms with Crippen LogP contribution in [0.25, 0.3) is 0 Å². The van der Waals surface area contributed by atoms with Crippen molar-refractivity contribution in [3.8, 4) is 0 Å². The minimum Gasteiger partial charge on any atom is -3.00 e. The summed E-state index contributed by atoms with van der Waals surface area (Å²) in [7, 11) is 0. The molecule has 0 atom stereocenters. The van der Waals surface area contributed by atoms with Gasteiger partial charge < -0.3 is 19.8 Å². The molecular weight excluding hydrogens is 182 g/mol. The van der Waals surface area contributed by atoms with Crippen LogP contribution in [0.2, 0.25) is 0 Å². The quantitative estimate of drug-likeness (QED) is 0.380. The molecule has 16 valence electrons. The fourth-order valence-electron chi connectivity index (χ4n) is 0. The van der Waals surface area contributed by atoms with Crippen LogP contribution in [0, 0.1) is 0 Å². The zero-order valence-electron chi connectivity index (χ0n) is 3.02. The average Bonchev–Trinajstić information content (AvgIpc) is 0. The molecule has 0 fully saturated rings. The summed E-state index contributed by atoms with van der Waals surface area (Å²) in [4.78, 5) is 0. The molecule has 0 N–H and O–H groups in total. The Morgan fingerprint density at radius 2 is 0.400 bits per heavy atom. The minimum absolute atomic E-state index is 0. The molecule has 0 aromatic rings. The molecule has 0 rings (SSSR count). The van der Waals surface area contributed by atoms with Gasteiger partial charge in [-0.05, 0) is 0 Å². The summed E-state index contributed by atoms with van der Waals surface area (Å²) >= 11 is 0. The van der Waals surface area contributed by atoms with Gasteiger partial charge in [0.15, 0.2) is 0 Å². The first-order valence-electron chi connectivity index (χ1n) is 0. The summed E-state index contributed by atoms with van der Waals surface area (Å²) in [6.07, 6.45) is 0. The standard InChI is InChI=1S/3Ca.2P/q3*+2;2*-3. The Labute approximate surface area is 129 Å². The molecular formula is Ca3P2. The first-order chi connectivity index (χ1) is 0. The zero-order valence-corrected chi connectivity index (χ0v) is 11.4. The van der Waals surface area contributed by atoms with Gasteiger partial charge in [-0.2, -0.15) is 0 Å². The molecule has 5 heavy (non-hydrogen) atoms. The largest absolute Gasteiger partial charge is 3.00 e. The second kappa shape index (κ2) is 23.4. The van der Waals surface area contributed by atoms with E-state index in [0.717, 1.165) is 0 Å². The molecule has 0 nitrogen and oxygen atoms in total. The van der Waals surface area contributed by atoms with Crippen molar-refractivity contribution in [2.45, 2.75) is 0 Å². The normalized spacial score (nSPS) is 0. The van der Waals surface area contributed by atoms with Gasteiger partial charge in [-0.15, -0.1) is 0 Å². The van der Waals surface area contributed by atoms with Gasteiger partial charge in [0.05, 0.1) is 0 Å². The van der Waals surface area contributed by atoms with Crippen LogP contribution in [-0.4, -0.2) is 113 Å². The van der Waals surface area contributed by atoms with Crippen molar-refractivity contribution >= 4 is 133 Å². The van der Waals surface area contributed by atoms with Gasteiger partial charge in [-0.1, -0.05) is 0 Å². The summed E-state index contributed by atoms with van der Waals surface area (Å²) in [5, 5.41) is 0. The first kappa shape index (κ1) is 33.4. The average molecular weight is 182 g/mol. The van der Waals surface area contributed by atoms with Gasteiger partial charge in [0.1, 0.15) is 0 Å². The molecule has 0 aliphatic carbocycles. The van der Waals surface area contributed by atoms with Gasteiger partial charge in [-0.25, -0.2) is 0 Å². The maximum Gasteiger partial charge on any atom is 2.00 e. The van der Waals surface area contributed by atoms with Crippen LogP contribution < -0.4 is 0 Å². The molecule has 0 amide bonds. The third-order valence-corrected chi connectivity index (χ3v) is 0. The van der Waals surface area contributed by atoms with Crippen molar-refractivity contribution in [1.82, 2.24) is 0 Å². The Balaban J connectivity index is 0. The predicted molar refractivity (Wildman–Crippen MR) is 31.1 cm³/mol. The molecule has 0 aliphatic heterocycles. The van der Waals surface area contributed by atoms with Crippen LogP contribution in [0.3, 0.4) is 0 Å². The van der Waals surface area contributed by atoms with E-state index < -0.39 is 0 Å². The second-order valence-corrected chi connectivity index (χ2v) is 0. The summed E-state index contributed by atoms with van der Waals surface area (Å²) in [6.45, 7) is 0. The van der Waals surface area contributed by atoms with Crippen molar-refractivity contribution in [3.63, 3.8) is 0 Å². The first-order valence-corrected chi connectivity index (χ1v) is 0. The van der Waals surface area contributed by atoms with Gasteiger partial charge in [-0.3, -0.25) is 0 Å². The molecule has 0 aliphatic rings. The Hall–Kier alpha value is 4.64. The fraction of sp³-hybridized carbons (Fsp3) is 0. The molecule has 5 heteroatoms.